The lowest BCUT2D eigenvalue weighted by Crippen LogP contribution is -2.13. The Balaban J connectivity index is 2.15. The summed E-state index contributed by atoms with van der Waals surface area (Å²) in [5, 5.41) is 9.27. The van der Waals surface area contributed by atoms with Gasteiger partial charge in [0.2, 0.25) is 5.91 Å². The summed E-state index contributed by atoms with van der Waals surface area (Å²) in [5.74, 6) is 0.498. The summed E-state index contributed by atoms with van der Waals surface area (Å²) >= 11 is 4.73. The lowest BCUT2D eigenvalue weighted by Gasteiger charge is -2.12. The van der Waals surface area contributed by atoms with E-state index in [1.807, 2.05) is 28.8 Å². The van der Waals surface area contributed by atoms with Crippen LogP contribution in [0.1, 0.15) is 11.1 Å². The maximum Gasteiger partial charge on any atom is 0.227 e. The number of rotatable bonds is 5. The zero-order valence-electron chi connectivity index (χ0n) is 13.9. The topological polar surface area (TPSA) is 73.8 Å². The number of carbonyl (C=O) groups excluding carboxylic acids is 1. The van der Waals surface area contributed by atoms with E-state index in [1.165, 1.54) is 11.8 Å². The molecule has 0 bridgehead atoms. The zero-order valence-corrected chi connectivity index (χ0v) is 16.3. The number of thioether (sulfide) groups is 1. The molecule has 3 rings (SSSR count). The Hall–Kier alpha value is -2.12. The van der Waals surface area contributed by atoms with Gasteiger partial charge in [-0.05, 0) is 49.2 Å². The number of hydrogen-bond donors (Lipinski definition) is 1. The Bertz CT molecular complexity index is 901. The van der Waals surface area contributed by atoms with Crippen molar-refractivity contribution in [2.45, 2.75) is 19.0 Å². The summed E-state index contributed by atoms with van der Waals surface area (Å²) in [6, 6.07) is 14.2. The lowest BCUT2D eigenvalue weighted by atomic mass is 10.1. The maximum absolute atomic E-state index is 11.2. The molecular formula is C18H17BrN4OS. The summed E-state index contributed by atoms with van der Waals surface area (Å²) in [5.41, 5.74) is 9.50. The Kier molecular flexibility index (Phi) is 5.24. The molecule has 0 fully saturated rings. The number of nitrogens with two attached hydrogens (primary N) is 1. The fourth-order valence-electron chi connectivity index (χ4n) is 2.60. The van der Waals surface area contributed by atoms with Gasteiger partial charge in [-0.15, -0.1) is 10.2 Å². The van der Waals surface area contributed by atoms with Crippen molar-refractivity contribution in [3.05, 3.63) is 58.1 Å². The van der Waals surface area contributed by atoms with Crippen molar-refractivity contribution in [3.63, 3.8) is 0 Å². The van der Waals surface area contributed by atoms with E-state index in [9.17, 15) is 4.79 Å². The molecule has 0 spiro atoms. The van der Waals surface area contributed by atoms with E-state index >= 15 is 0 Å². The number of carbonyl (C=O) groups is 1. The highest BCUT2D eigenvalue weighted by Gasteiger charge is 2.17. The smallest absolute Gasteiger partial charge is 0.227 e. The van der Waals surface area contributed by atoms with Crippen molar-refractivity contribution in [3.8, 4) is 17.1 Å². The summed E-state index contributed by atoms with van der Waals surface area (Å²) in [7, 11) is 0. The third-order valence-corrected chi connectivity index (χ3v) is 5.02. The van der Waals surface area contributed by atoms with Crippen molar-refractivity contribution in [2.75, 3.05) is 5.75 Å². The van der Waals surface area contributed by atoms with Gasteiger partial charge >= 0.3 is 0 Å². The first-order chi connectivity index (χ1) is 11.9. The monoisotopic (exact) mass is 416 g/mol. The Labute approximate surface area is 158 Å². The Morgan fingerprint density at radius 1 is 1.12 bits per heavy atom. The number of aromatic nitrogens is 3. The van der Waals surface area contributed by atoms with Crippen LogP contribution in [0.2, 0.25) is 0 Å². The third-order valence-electron chi connectivity index (χ3n) is 3.54. The van der Waals surface area contributed by atoms with E-state index in [2.05, 4.69) is 58.2 Å². The van der Waals surface area contributed by atoms with E-state index in [1.54, 1.807) is 0 Å². The molecule has 1 heterocycles. The van der Waals surface area contributed by atoms with Gasteiger partial charge in [-0.1, -0.05) is 45.9 Å². The molecule has 1 aromatic heterocycles. The van der Waals surface area contributed by atoms with E-state index in [0.717, 1.165) is 32.7 Å². The van der Waals surface area contributed by atoms with Crippen LogP contribution in [0.5, 0.6) is 0 Å². The Morgan fingerprint density at radius 3 is 2.36 bits per heavy atom. The van der Waals surface area contributed by atoms with Gasteiger partial charge in [-0.2, -0.15) is 0 Å². The molecule has 1 amide bonds. The van der Waals surface area contributed by atoms with Crippen LogP contribution >= 0.6 is 27.7 Å². The molecule has 0 aliphatic carbocycles. The molecule has 0 radical (unpaired) electrons. The van der Waals surface area contributed by atoms with Crippen LogP contribution in [-0.4, -0.2) is 26.4 Å². The van der Waals surface area contributed by atoms with Crippen LogP contribution in [0.4, 0.5) is 0 Å². The van der Waals surface area contributed by atoms with Gasteiger partial charge in [0.25, 0.3) is 0 Å². The van der Waals surface area contributed by atoms with Crippen molar-refractivity contribution >= 4 is 33.6 Å². The quantitative estimate of drug-likeness (QED) is 0.640. The predicted octanol–water partition coefficient (Wildman–Crippen LogP) is 3.89. The molecule has 2 aromatic carbocycles. The molecule has 0 unspecified atom stereocenters. The van der Waals surface area contributed by atoms with Crippen LogP contribution in [0.25, 0.3) is 17.1 Å². The molecule has 0 aliphatic rings. The molecule has 2 N–H and O–H groups in total. The predicted molar refractivity (Wildman–Crippen MR) is 104 cm³/mol. The van der Waals surface area contributed by atoms with Gasteiger partial charge in [-0.25, -0.2) is 0 Å². The summed E-state index contributed by atoms with van der Waals surface area (Å²) in [6.45, 7) is 4.10. The average molecular weight is 417 g/mol. The van der Waals surface area contributed by atoms with Gasteiger partial charge in [0.05, 0.1) is 11.4 Å². The molecule has 0 saturated carbocycles. The van der Waals surface area contributed by atoms with E-state index < -0.39 is 0 Å². The minimum atomic E-state index is -0.384. The lowest BCUT2D eigenvalue weighted by molar-refractivity contribution is -0.115. The summed E-state index contributed by atoms with van der Waals surface area (Å²) in [6.07, 6.45) is 0. The summed E-state index contributed by atoms with van der Waals surface area (Å²) in [4.78, 5) is 11.2. The minimum Gasteiger partial charge on any atom is -0.369 e. The van der Waals surface area contributed by atoms with Gasteiger partial charge in [0, 0.05) is 10.0 Å². The number of nitrogens with zero attached hydrogens (tertiary/aromatic N) is 3. The maximum atomic E-state index is 11.2. The molecule has 128 valence electrons. The highest BCUT2D eigenvalue weighted by Crippen LogP contribution is 2.29. The highest BCUT2D eigenvalue weighted by atomic mass is 79.9. The standard InChI is InChI=1S/C18H17BrN4OS/c1-11-7-12(2)9-15(8-11)23-17(13-3-5-14(19)6-4-13)21-22-18(23)25-10-16(20)24/h3-9H,10H2,1-2H3,(H2,20,24). The fourth-order valence-corrected chi connectivity index (χ4v) is 3.55. The number of primary amides is 1. The van der Waals surface area contributed by atoms with Crippen LogP contribution in [0, 0.1) is 13.8 Å². The number of hydrogen-bond acceptors (Lipinski definition) is 4. The average Bonchev–Trinajstić information content (AvgIpc) is 2.96. The number of aryl methyl sites for hydroxylation is 2. The second-order valence-corrected chi connectivity index (χ2v) is 7.61. The van der Waals surface area contributed by atoms with Gasteiger partial charge in [-0.3, -0.25) is 9.36 Å². The largest absolute Gasteiger partial charge is 0.369 e. The minimum absolute atomic E-state index is 0.156. The first-order valence-corrected chi connectivity index (χ1v) is 9.43. The van der Waals surface area contributed by atoms with Gasteiger partial charge in [0.1, 0.15) is 0 Å². The molecule has 0 atom stereocenters. The van der Waals surface area contributed by atoms with Crippen molar-refractivity contribution in [1.82, 2.24) is 14.8 Å². The van der Waals surface area contributed by atoms with Crippen molar-refractivity contribution in [1.29, 1.82) is 0 Å². The molecule has 7 heteroatoms. The van der Waals surface area contributed by atoms with Gasteiger partial charge in [0.15, 0.2) is 11.0 Å². The van der Waals surface area contributed by atoms with Crippen LogP contribution in [0.15, 0.2) is 52.1 Å². The normalized spacial score (nSPS) is 10.8. The van der Waals surface area contributed by atoms with Crippen molar-refractivity contribution < 1.29 is 4.79 Å². The Morgan fingerprint density at radius 2 is 1.76 bits per heavy atom. The first-order valence-electron chi connectivity index (χ1n) is 7.65. The number of benzene rings is 2. The van der Waals surface area contributed by atoms with Crippen LogP contribution in [-0.2, 0) is 4.79 Å². The zero-order chi connectivity index (χ0) is 18.0. The van der Waals surface area contributed by atoms with Crippen LogP contribution < -0.4 is 5.73 Å². The number of halogens is 1. The molecule has 25 heavy (non-hydrogen) atoms. The van der Waals surface area contributed by atoms with Gasteiger partial charge < -0.3 is 5.73 Å². The van der Waals surface area contributed by atoms with E-state index in [4.69, 9.17) is 5.73 Å². The number of amides is 1. The van der Waals surface area contributed by atoms with E-state index in [-0.39, 0.29) is 11.7 Å². The second kappa shape index (κ2) is 7.41. The molecule has 5 nitrogen and oxygen atoms in total. The van der Waals surface area contributed by atoms with Crippen molar-refractivity contribution in [2.24, 2.45) is 5.73 Å². The first kappa shape index (κ1) is 17.7. The highest BCUT2D eigenvalue weighted by molar-refractivity contribution is 9.10. The second-order valence-electron chi connectivity index (χ2n) is 5.75. The molecule has 0 aliphatic heterocycles. The molecule has 3 aromatic rings. The summed E-state index contributed by atoms with van der Waals surface area (Å²) < 4.78 is 2.97. The van der Waals surface area contributed by atoms with Crippen LogP contribution in [0.3, 0.4) is 0 Å². The molecular weight excluding hydrogens is 400 g/mol. The SMILES string of the molecule is Cc1cc(C)cc(-n2c(SCC(N)=O)nnc2-c2ccc(Br)cc2)c1. The molecule has 0 saturated heterocycles. The third kappa shape index (κ3) is 4.11. The fraction of sp³-hybridized carbons (Fsp3) is 0.167. The van der Waals surface area contributed by atoms with E-state index in [0.29, 0.717) is 5.16 Å².